The highest BCUT2D eigenvalue weighted by Gasteiger charge is 2.28. The molecule has 0 bridgehead atoms. The predicted molar refractivity (Wildman–Crippen MR) is 103 cm³/mol. The van der Waals surface area contributed by atoms with Gasteiger partial charge >= 0.3 is 0 Å². The van der Waals surface area contributed by atoms with Gasteiger partial charge in [-0.05, 0) is 64.3 Å². The number of carbonyl (C=O) groups is 1. The molecule has 134 valence electrons. The summed E-state index contributed by atoms with van der Waals surface area (Å²) in [5, 5.41) is 1.27. The Morgan fingerprint density at radius 2 is 1.96 bits per heavy atom. The molecular weight excluding hydrogens is 330 g/mol. The van der Waals surface area contributed by atoms with Crippen LogP contribution in [0.15, 0.2) is 24.3 Å². The van der Waals surface area contributed by atoms with Crippen molar-refractivity contribution in [1.82, 2.24) is 14.8 Å². The number of amides is 1. The van der Waals surface area contributed by atoms with Crippen molar-refractivity contribution >= 4 is 27.5 Å². The van der Waals surface area contributed by atoms with Gasteiger partial charge in [-0.1, -0.05) is 12.1 Å². The van der Waals surface area contributed by atoms with E-state index in [9.17, 15) is 4.79 Å². The van der Waals surface area contributed by atoms with Crippen LogP contribution < -0.4 is 0 Å². The fraction of sp³-hybridized carbons (Fsp3) is 0.600. The van der Waals surface area contributed by atoms with Gasteiger partial charge in [0.2, 0.25) is 5.91 Å². The number of likely N-dealkylation sites (tertiary alicyclic amines) is 2. The van der Waals surface area contributed by atoms with Crippen LogP contribution in [0, 0.1) is 0 Å². The number of hydrogen-bond acceptors (Lipinski definition) is 4. The Morgan fingerprint density at radius 1 is 1.16 bits per heavy atom. The first-order valence-corrected chi connectivity index (χ1v) is 10.4. The average Bonchev–Trinajstić information content (AvgIpc) is 3.07. The fourth-order valence-corrected chi connectivity index (χ4v) is 5.29. The summed E-state index contributed by atoms with van der Waals surface area (Å²) in [6.07, 6.45) is 5.81. The zero-order valence-electron chi connectivity index (χ0n) is 15.0. The molecule has 25 heavy (non-hydrogen) atoms. The van der Waals surface area contributed by atoms with Gasteiger partial charge in [-0.25, -0.2) is 4.98 Å². The van der Waals surface area contributed by atoms with Crippen molar-refractivity contribution < 1.29 is 4.79 Å². The van der Waals surface area contributed by atoms with Crippen LogP contribution in [0.1, 0.15) is 50.0 Å². The quantitative estimate of drug-likeness (QED) is 0.836. The van der Waals surface area contributed by atoms with Crippen molar-refractivity contribution in [3.05, 3.63) is 29.3 Å². The Labute approximate surface area is 153 Å². The maximum atomic E-state index is 12.6. The second-order valence-corrected chi connectivity index (χ2v) is 8.56. The molecule has 0 radical (unpaired) electrons. The number of thiazole rings is 1. The van der Waals surface area contributed by atoms with E-state index in [1.165, 1.54) is 16.1 Å². The molecule has 2 saturated heterocycles. The molecule has 4 nitrogen and oxygen atoms in total. The third kappa shape index (κ3) is 3.72. The summed E-state index contributed by atoms with van der Waals surface area (Å²) in [7, 11) is 0. The molecule has 2 aliphatic rings. The molecule has 0 aliphatic carbocycles. The molecule has 1 amide bonds. The lowest BCUT2D eigenvalue weighted by atomic mass is 9.97. The van der Waals surface area contributed by atoms with E-state index < -0.39 is 0 Å². The lowest BCUT2D eigenvalue weighted by Crippen LogP contribution is -2.48. The highest BCUT2D eigenvalue weighted by atomic mass is 32.1. The summed E-state index contributed by atoms with van der Waals surface area (Å²) >= 11 is 1.84. The minimum absolute atomic E-state index is 0.325. The fourth-order valence-electron chi connectivity index (χ4n) is 4.15. The molecule has 1 atom stereocenters. The Morgan fingerprint density at radius 3 is 2.72 bits per heavy atom. The molecule has 0 spiro atoms. The van der Waals surface area contributed by atoms with Crippen molar-refractivity contribution in [2.75, 3.05) is 26.2 Å². The number of rotatable bonds is 3. The van der Waals surface area contributed by atoms with Crippen molar-refractivity contribution in [3.63, 3.8) is 0 Å². The van der Waals surface area contributed by atoms with Gasteiger partial charge in [0.1, 0.15) is 0 Å². The summed E-state index contributed by atoms with van der Waals surface area (Å²) in [4.78, 5) is 21.9. The molecule has 2 aliphatic heterocycles. The number of aromatic nitrogens is 1. The van der Waals surface area contributed by atoms with Crippen LogP contribution >= 0.6 is 11.3 Å². The van der Waals surface area contributed by atoms with Gasteiger partial charge in [0.25, 0.3) is 0 Å². The van der Waals surface area contributed by atoms with E-state index in [0.29, 0.717) is 24.4 Å². The topological polar surface area (TPSA) is 36.4 Å². The molecule has 5 heteroatoms. The van der Waals surface area contributed by atoms with Gasteiger partial charge in [0, 0.05) is 18.5 Å². The van der Waals surface area contributed by atoms with Gasteiger partial charge < -0.3 is 4.90 Å². The third-order valence-electron chi connectivity index (χ3n) is 5.73. The van der Waals surface area contributed by atoms with Crippen LogP contribution in [0.3, 0.4) is 0 Å². The Bertz CT molecular complexity index is 702. The number of carbonyl (C=O) groups excluding carboxylic acids is 1. The minimum atomic E-state index is 0.325. The van der Waals surface area contributed by atoms with Crippen molar-refractivity contribution in [1.29, 1.82) is 0 Å². The third-order valence-corrected chi connectivity index (χ3v) is 6.93. The molecule has 0 N–H and O–H groups in total. The largest absolute Gasteiger partial charge is 0.339 e. The van der Waals surface area contributed by atoms with Gasteiger partial charge in [0.05, 0.1) is 21.8 Å². The molecule has 1 aromatic heterocycles. The Balaban J connectivity index is 1.32. The second kappa shape index (κ2) is 7.42. The van der Waals surface area contributed by atoms with Crippen LogP contribution in [0.25, 0.3) is 10.2 Å². The molecular formula is C20H27N3OS. The van der Waals surface area contributed by atoms with Crippen LogP contribution in [0.2, 0.25) is 0 Å². The van der Waals surface area contributed by atoms with Crippen molar-refractivity contribution in [2.24, 2.45) is 0 Å². The monoisotopic (exact) mass is 357 g/mol. The first-order chi connectivity index (χ1) is 12.2. The molecule has 1 unspecified atom stereocenters. The standard InChI is InChI=1S/C20H27N3OS/c1-15-6-4-5-11-23(15)19(24)14-22-12-9-16(10-13-22)20-21-17-7-2-3-8-18(17)25-20/h2-3,7-8,15-16H,4-6,9-14H2,1H3. The number of benzene rings is 1. The van der Waals surface area contributed by atoms with E-state index in [1.54, 1.807) is 0 Å². The van der Waals surface area contributed by atoms with Crippen molar-refractivity contribution in [3.8, 4) is 0 Å². The highest BCUT2D eigenvalue weighted by Crippen LogP contribution is 2.33. The Hall–Kier alpha value is -1.46. The predicted octanol–water partition coefficient (Wildman–Crippen LogP) is 3.88. The van der Waals surface area contributed by atoms with Crippen LogP contribution in [0.5, 0.6) is 0 Å². The number of para-hydroxylation sites is 1. The molecule has 2 fully saturated rings. The van der Waals surface area contributed by atoms with Crippen LogP contribution in [-0.4, -0.2) is 52.9 Å². The first-order valence-electron chi connectivity index (χ1n) is 9.58. The molecule has 3 heterocycles. The van der Waals surface area contributed by atoms with Crippen LogP contribution in [-0.2, 0) is 4.79 Å². The number of fused-ring (bicyclic) bond motifs is 1. The molecule has 1 aromatic carbocycles. The van der Waals surface area contributed by atoms with E-state index in [1.807, 2.05) is 11.3 Å². The maximum Gasteiger partial charge on any atom is 0.236 e. The summed E-state index contributed by atoms with van der Waals surface area (Å²) < 4.78 is 1.29. The summed E-state index contributed by atoms with van der Waals surface area (Å²) in [6.45, 7) is 5.75. The van der Waals surface area contributed by atoms with E-state index in [4.69, 9.17) is 4.98 Å². The second-order valence-electron chi connectivity index (χ2n) is 7.50. The molecule has 2 aromatic rings. The van der Waals surface area contributed by atoms with E-state index in [0.717, 1.165) is 50.8 Å². The number of nitrogens with zero attached hydrogens (tertiary/aromatic N) is 3. The first kappa shape index (κ1) is 17.0. The number of piperidine rings is 2. The zero-order chi connectivity index (χ0) is 17.2. The summed E-state index contributed by atoms with van der Waals surface area (Å²) in [5.41, 5.74) is 1.12. The van der Waals surface area contributed by atoms with Gasteiger partial charge in [0.15, 0.2) is 0 Å². The highest BCUT2D eigenvalue weighted by molar-refractivity contribution is 7.18. The summed E-state index contributed by atoms with van der Waals surface area (Å²) in [6, 6.07) is 8.82. The van der Waals surface area contributed by atoms with Gasteiger partial charge in [-0.15, -0.1) is 11.3 Å². The number of hydrogen-bond donors (Lipinski definition) is 0. The van der Waals surface area contributed by atoms with Gasteiger partial charge in [-0.3, -0.25) is 9.69 Å². The minimum Gasteiger partial charge on any atom is -0.339 e. The van der Waals surface area contributed by atoms with E-state index in [2.05, 4.69) is 41.0 Å². The molecule has 4 rings (SSSR count). The normalized spacial score (nSPS) is 23.2. The molecule has 0 saturated carbocycles. The lowest BCUT2D eigenvalue weighted by Gasteiger charge is -2.36. The van der Waals surface area contributed by atoms with E-state index in [-0.39, 0.29) is 0 Å². The Kier molecular flexibility index (Phi) is 5.04. The van der Waals surface area contributed by atoms with Crippen molar-refractivity contribution in [2.45, 2.75) is 51.0 Å². The average molecular weight is 358 g/mol. The van der Waals surface area contributed by atoms with E-state index >= 15 is 0 Å². The lowest BCUT2D eigenvalue weighted by molar-refractivity contribution is -0.135. The maximum absolute atomic E-state index is 12.6. The van der Waals surface area contributed by atoms with Gasteiger partial charge in [-0.2, -0.15) is 0 Å². The zero-order valence-corrected chi connectivity index (χ0v) is 15.8. The summed E-state index contributed by atoms with van der Waals surface area (Å²) in [5.74, 6) is 0.878. The SMILES string of the molecule is CC1CCCCN1C(=O)CN1CCC(c2nc3ccccc3s2)CC1. The smallest absolute Gasteiger partial charge is 0.236 e. The van der Waals surface area contributed by atoms with Crippen LogP contribution in [0.4, 0.5) is 0 Å².